The number of hydrogen-bond donors (Lipinski definition) is 1. The first-order valence-electron chi connectivity index (χ1n) is 6.49. The van der Waals surface area contributed by atoms with Crippen molar-refractivity contribution in [1.82, 2.24) is 13.9 Å². The minimum absolute atomic E-state index is 0.261. The van der Waals surface area contributed by atoms with Crippen LogP contribution in [0.2, 0.25) is 0 Å². The molecule has 1 saturated heterocycles. The van der Waals surface area contributed by atoms with Crippen molar-refractivity contribution in [1.29, 1.82) is 0 Å². The van der Waals surface area contributed by atoms with E-state index in [9.17, 15) is 8.42 Å². The normalized spacial score (nSPS) is 23.5. The molecule has 1 aliphatic carbocycles. The highest BCUT2D eigenvalue weighted by atomic mass is 32.2. The molecule has 2 aliphatic rings. The Morgan fingerprint density at radius 3 is 2.35 bits per heavy atom. The topological polar surface area (TPSA) is 52.7 Å². The summed E-state index contributed by atoms with van der Waals surface area (Å²) in [5.41, 5.74) is 0. The van der Waals surface area contributed by atoms with Crippen LogP contribution >= 0.6 is 0 Å². The summed E-state index contributed by atoms with van der Waals surface area (Å²) < 4.78 is 28.4. The Bertz CT molecular complexity index is 346. The van der Waals surface area contributed by atoms with Gasteiger partial charge in [0.05, 0.1) is 0 Å². The second-order valence-electron chi connectivity index (χ2n) is 5.35. The fourth-order valence-corrected chi connectivity index (χ4v) is 4.19. The predicted molar refractivity (Wildman–Crippen MR) is 67.9 cm³/mol. The lowest BCUT2D eigenvalue weighted by Crippen LogP contribution is -2.52. The Morgan fingerprint density at radius 2 is 1.88 bits per heavy atom. The zero-order valence-electron chi connectivity index (χ0n) is 10.7. The summed E-state index contributed by atoms with van der Waals surface area (Å²) in [6.07, 6.45) is 2.05. The summed E-state index contributed by atoms with van der Waals surface area (Å²) in [4.78, 5) is 0. The molecule has 0 radical (unpaired) electrons. The summed E-state index contributed by atoms with van der Waals surface area (Å²) >= 11 is 0. The van der Waals surface area contributed by atoms with Gasteiger partial charge >= 0.3 is 0 Å². The van der Waals surface area contributed by atoms with Gasteiger partial charge in [-0.1, -0.05) is 13.8 Å². The summed E-state index contributed by atoms with van der Waals surface area (Å²) in [6.45, 7) is 7.52. The van der Waals surface area contributed by atoms with Crippen molar-refractivity contribution in [2.24, 2.45) is 5.92 Å². The van der Waals surface area contributed by atoms with E-state index >= 15 is 0 Å². The van der Waals surface area contributed by atoms with Crippen LogP contribution in [0.3, 0.4) is 0 Å². The number of rotatable bonds is 5. The molecule has 1 N–H and O–H groups in total. The summed E-state index contributed by atoms with van der Waals surface area (Å²) in [5.74, 6) is 0.383. The van der Waals surface area contributed by atoms with E-state index in [1.54, 1.807) is 8.61 Å². The zero-order chi connectivity index (χ0) is 12.5. The van der Waals surface area contributed by atoms with Crippen LogP contribution in [-0.4, -0.2) is 55.8 Å². The van der Waals surface area contributed by atoms with Gasteiger partial charge in [0.1, 0.15) is 0 Å². The van der Waals surface area contributed by atoms with E-state index < -0.39 is 10.2 Å². The smallest absolute Gasteiger partial charge is 0.282 e. The average Bonchev–Trinajstić information content (AvgIpc) is 3.10. The van der Waals surface area contributed by atoms with Gasteiger partial charge in [-0.2, -0.15) is 17.0 Å². The van der Waals surface area contributed by atoms with E-state index in [0.717, 1.165) is 25.9 Å². The third kappa shape index (κ3) is 3.19. The van der Waals surface area contributed by atoms with Crippen LogP contribution in [0.5, 0.6) is 0 Å². The minimum atomic E-state index is -3.23. The molecule has 0 bridgehead atoms. The maximum Gasteiger partial charge on any atom is 0.282 e. The van der Waals surface area contributed by atoms with E-state index in [2.05, 4.69) is 19.2 Å². The van der Waals surface area contributed by atoms with Crippen LogP contribution in [0.4, 0.5) is 0 Å². The quantitative estimate of drug-likeness (QED) is 0.772. The lowest BCUT2D eigenvalue weighted by Gasteiger charge is -2.33. The van der Waals surface area contributed by atoms with Crippen LogP contribution in [0, 0.1) is 5.92 Å². The number of piperazine rings is 1. The van der Waals surface area contributed by atoms with Gasteiger partial charge in [0, 0.05) is 38.8 Å². The zero-order valence-corrected chi connectivity index (χ0v) is 11.5. The third-order valence-electron chi connectivity index (χ3n) is 3.20. The van der Waals surface area contributed by atoms with Crippen molar-refractivity contribution < 1.29 is 8.42 Å². The fraction of sp³-hybridized carbons (Fsp3) is 1.00. The molecule has 0 aromatic carbocycles. The monoisotopic (exact) mass is 261 g/mol. The third-order valence-corrected chi connectivity index (χ3v) is 5.26. The van der Waals surface area contributed by atoms with Crippen molar-refractivity contribution in [3.05, 3.63) is 0 Å². The van der Waals surface area contributed by atoms with Gasteiger partial charge < -0.3 is 5.32 Å². The Kier molecular flexibility index (Phi) is 4.07. The lowest BCUT2D eigenvalue weighted by molar-refractivity contribution is 0.292. The van der Waals surface area contributed by atoms with Crippen molar-refractivity contribution in [2.45, 2.75) is 32.7 Å². The van der Waals surface area contributed by atoms with Crippen molar-refractivity contribution in [3.63, 3.8) is 0 Å². The molecular formula is C11H23N3O2S. The number of nitrogens with zero attached hydrogens (tertiary/aromatic N) is 2. The minimum Gasteiger partial charge on any atom is -0.314 e. The van der Waals surface area contributed by atoms with Crippen molar-refractivity contribution in [3.8, 4) is 0 Å². The molecule has 5 nitrogen and oxygen atoms in total. The SMILES string of the molecule is CC(C)CN(C1CC1)S(=O)(=O)N1CCNCC1. The van der Waals surface area contributed by atoms with E-state index in [-0.39, 0.29) is 6.04 Å². The first-order chi connectivity index (χ1) is 8.01. The molecule has 100 valence electrons. The fourth-order valence-electron chi connectivity index (χ4n) is 2.18. The van der Waals surface area contributed by atoms with E-state index in [4.69, 9.17) is 0 Å². The van der Waals surface area contributed by atoms with Gasteiger partial charge in [-0.05, 0) is 18.8 Å². The molecule has 0 aromatic rings. The predicted octanol–water partition coefficient (Wildman–Crippen LogP) is 0.257. The molecular weight excluding hydrogens is 238 g/mol. The highest BCUT2D eigenvalue weighted by Crippen LogP contribution is 2.31. The van der Waals surface area contributed by atoms with Crippen LogP contribution in [0.1, 0.15) is 26.7 Å². The highest BCUT2D eigenvalue weighted by molar-refractivity contribution is 7.86. The molecule has 0 atom stereocenters. The largest absolute Gasteiger partial charge is 0.314 e. The van der Waals surface area contributed by atoms with E-state index in [1.807, 2.05) is 0 Å². The molecule has 1 heterocycles. The molecule has 1 aliphatic heterocycles. The Morgan fingerprint density at radius 1 is 1.29 bits per heavy atom. The second-order valence-corrected chi connectivity index (χ2v) is 7.23. The maximum atomic E-state index is 12.5. The molecule has 1 saturated carbocycles. The Labute approximate surface area is 104 Å². The first kappa shape index (κ1) is 13.3. The Hall–Kier alpha value is -0.170. The number of hydrogen-bond acceptors (Lipinski definition) is 3. The van der Waals surface area contributed by atoms with Crippen molar-refractivity contribution in [2.75, 3.05) is 32.7 Å². The van der Waals surface area contributed by atoms with Gasteiger partial charge in [-0.15, -0.1) is 0 Å². The van der Waals surface area contributed by atoms with Crippen LogP contribution in [0.25, 0.3) is 0 Å². The van der Waals surface area contributed by atoms with E-state index in [0.29, 0.717) is 25.6 Å². The standard InChI is InChI=1S/C11H23N3O2S/c1-10(2)9-14(11-3-4-11)17(15,16)13-7-5-12-6-8-13/h10-12H,3-9H2,1-2H3. The van der Waals surface area contributed by atoms with Gasteiger partial charge in [-0.3, -0.25) is 0 Å². The van der Waals surface area contributed by atoms with Crippen molar-refractivity contribution >= 4 is 10.2 Å². The molecule has 0 amide bonds. The average molecular weight is 261 g/mol. The van der Waals surface area contributed by atoms with Gasteiger partial charge in [0.15, 0.2) is 0 Å². The molecule has 17 heavy (non-hydrogen) atoms. The van der Waals surface area contributed by atoms with Crippen LogP contribution in [0.15, 0.2) is 0 Å². The second kappa shape index (κ2) is 5.22. The van der Waals surface area contributed by atoms with Gasteiger partial charge in [0.2, 0.25) is 0 Å². The highest BCUT2D eigenvalue weighted by Gasteiger charge is 2.40. The summed E-state index contributed by atoms with van der Waals surface area (Å²) in [6, 6.07) is 0.261. The molecule has 0 unspecified atom stereocenters. The summed E-state index contributed by atoms with van der Waals surface area (Å²) in [7, 11) is -3.23. The Balaban J connectivity index is 2.09. The molecule has 0 aromatic heterocycles. The first-order valence-corrected chi connectivity index (χ1v) is 7.89. The number of nitrogens with one attached hydrogen (secondary N) is 1. The molecule has 2 rings (SSSR count). The van der Waals surface area contributed by atoms with E-state index in [1.165, 1.54) is 0 Å². The lowest BCUT2D eigenvalue weighted by atomic mass is 10.2. The van der Waals surface area contributed by atoms with Gasteiger partial charge in [0.25, 0.3) is 10.2 Å². The molecule has 6 heteroatoms. The summed E-state index contributed by atoms with van der Waals surface area (Å²) in [5, 5.41) is 3.19. The molecule has 0 spiro atoms. The maximum absolute atomic E-state index is 12.5. The van der Waals surface area contributed by atoms with Crippen LogP contribution < -0.4 is 5.32 Å². The van der Waals surface area contributed by atoms with Gasteiger partial charge in [-0.25, -0.2) is 0 Å². The molecule has 2 fully saturated rings. The van der Waals surface area contributed by atoms with Crippen LogP contribution in [-0.2, 0) is 10.2 Å².